The van der Waals surface area contributed by atoms with Gasteiger partial charge in [-0.2, -0.15) is 5.26 Å². The molecule has 0 aromatic heterocycles. The van der Waals surface area contributed by atoms with Gasteiger partial charge in [-0.25, -0.2) is 0 Å². The van der Waals surface area contributed by atoms with Gasteiger partial charge < -0.3 is 16.0 Å². The third-order valence-electron chi connectivity index (χ3n) is 3.98. The molecule has 0 spiro atoms. The molecule has 2 rings (SSSR count). The first-order valence-electron chi connectivity index (χ1n) is 8.54. The third-order valence-corrected chi connectivity index (χ3v) is 3.98. The molecule has 0 radical (unpaired) electrons. The van der Waals surface area contributed by atoms with Gasteiger partial charge in [0, 0.05) is 24.5 Å². The average molecular weight is 362 g/mol. The highest BCUT2D eigenvalue weighted by Crippen LogP contribution is 2.13. The van der Waals surface area contributed by atoms with Crippen LogP contribution in [0.25, 0.3) is 0 Å². The summed E-state index contributed by atoms with van der Waals surface area (Å²) in [7, 11) is 0. The van der Waals surface area contributed by atoms with Gasteiger partial charge in [0.1, 0.15) is 11.6 Å². The molecule has 6 nitrogen and oxygen atoms in total. The first-order valence-corrected chi connectivity index (χ1v) is 8.54. The lowest BCUT2D eigenvalue weighted by Gasteiger charge is -2.26. The zero-order valence-corrected chi connectivity index (χ0v) is 15.3. The summed E-state index contributed by atoms with van der Waals surface area (Å²) >= 11 is 0. The summed E-state index contributed by atoms with van der Waals surface area (Å²) in [6.45, 7) is 4.12. The first kappa shape index (κ1) is 19.7. The molecule has 27 heavy (non-hydrogen) atoms. The first-order chi connectivity index (χ1) is 12.9. The Kier molecular flexibility index (Phi) is 6.73. The van der Waals surface area contributed by atoms with Gasteiger partial charge in [-0.05, 0) is 31.5 Å². The van der Waals surface area contributed by atoms with E-state index < -0.39 is 11.8 Å². The Morgan fingerprint density at radius 2 is 1.78 bits per heavy atom. The third kappa shape index (κ3) is 5.19. The minimum absolute atomic E-state index is 0.116. The number of rotatable bonds is 6. The molecule has 0 bridgehead atoms. The molecule has 0 aliphatic heterocycles. The summed E-state index contributed by atoms with van der Waals surface area (Å²) < 4.78 is 0. The molecule has 2 aromatic carbocycles. The fourth-order valence-corrected chi connectivity index (χ4v) is 2.48. The van der Waals surface area contributed by atoms with Crippen molar-refractivity contribution in [2.24, 2.45) is 0 Å². The molecule has 2 amide bonds. The number of nitrogens with one attached hydrogen (secondary N) is 1. The van der Waals surface area contributed by atoms with Crippen molar-refractivity contribution < 1.29 is 9.59 Å². The van der Waals surface area contributed by atoms with Crippen LogP contribution in [-0.2, 0) is 11.3 Å². The van der Waals surface area contributed by atoms with E-state index in [9.17, 15) is 14.9 Å². The molecule has 3 N–H and O–H groups in total. The number of nitrogens with two attached hydrogens (primary N) is 1. The number of anilines is 1. The van der Waals surface area contributed by atoms with Crippen molar-refractivity contribution >= 4 is 17.5 Å². The Morgan fingerprint density at radius 3 is 2.37 bits per heavy atom. The van der Waals surface area contributed by atoms with Gasteiger partial charge in [-0.15, -0.1) is 0 Å². The number of hydrogen-bond acceptors (Lipinski definition) is 4. The standard InChI is InChI=1S/C21H22N4O2/c1-15(2)25(14-16-8-4-3-5-9-16)21(27)17(12-22)13-24-20(26)18-10-6-7-11-19(18)23/h3-11,13,15H,14,23H2,1-2H3,(H,24,26)/b17-13-. The summed E-state index contributed by atoms with van der Waals surface area (Å²) in [6, 6.07) is 17.9. The fraction of sp³-hybridized carbons (Fsp3) is 0.190. The van der Waals surface area contributed by atoms with Crippen molar-refractivity contribution in [3.05, 3.63) is 77.5 Å². The number of hydrogen-bond donors (Lipinski definition) is 2. The van der Waals surface area contributed by atoms with Crippen LogP contribution >= 0.6 is 0 Å². The van der Waals surface area contributed by atoms with Crippen molar-refractivity contribution in [2.45, 2.75) is 26.4 Å². The molecule has 6 heteroatoms. The van der Waals surface area contributed by atoms with Gasteiger partial charge in [0.25, 0.3) is 11.8 Å². The summed E-state index contributed by atoms with van der Waals surface area (Å²) in [5.74, 6) is -0.925. The predicted octanol–water partition coefficient (Wildman–Crippen LogP) is 2.84. The smallest absolute Gasteiger partial charge is 0.266 e. The van der Waals surface area contributed by atoms with Gasteiger partial charge in [0.2, 0.25) is 0 Å². The summed E-state index contributed by atoms with van der Waals surface area (Å²) in [5.41, 5.74) is 7.18. The number of carbonyl (C=O) groups excluding carboxylic acids is 2. The normalized spacial score (nSPS) is 11.0. The number of benzene rings is 2. The van der Waals surface area contributed by atoms with E-state index in [1.54, 1.807) is 29.2 Å². The largest absolute Gasteiger partial charge is 0.398 e. The van der Waals surface area contributed by atoms with Crippen LogP contribution in [-0.4, -0.2) is 22.8 Å². The number of nitrogens with zero attached hydrogens (tertiary/aromatic N) is 2. The summed E-state index contributed by atoms with van der Waals surface area (Å²) in [6.07, 6.45) is 1.14. The number of amides is 2. The van der Waals surface area contributed by atoms with E-state index in [2.05, 4.69) is 5.32 Å². The number of para-hydroxylation sites is 1. The van der Waals surface area contributed by atoms with Crippen molar-refractivity contribution in [1.29, 1.82) is 5.26 Å². The Labute approximate surface area is 158 Å². The van der Waals surface area contributed by atoms with Gasteiger partial charge in [0.15, 0.2) is 0 Å². The second kappa shape index (κ2) is 9.20. The van der Waals surface area contributed by atoms with Crippen LogP contribution in [0.3, 0.4) is 0 Å². The maximum atomic E-state index is 12.8. The van der Waals surface area contributed by atoms with E-state index in [0.717, 1.165) is 11.8 Å². The minimum atomic E-state index is -0.479. The average Bonchev–Trinajstić information content (AvgIpc) is 2.67. The number of nitriles is 1. The molecule has 0 unspecified atom stereocenters. The topological polar surface area (TPSA) is 99.2 Å². The van der Waals surface area contributed by atoms with E-state index in [1.165, 1.54) is 0 Å². The van der Waals surface area contributed by atoms with Gasteiger partial charge in [0.05, 0.1) is 5.56 Å². The second-order valence-electron chi connectivity index (χ2n) is 6.24. The maximum Gasteiger partial charge on any atom is 0.266 e. The highest BCUT2D eigenvalue weighted by Gasteiger charge is 2.21. The van der Waals surface area contributed by atoms with Gasteiger partial charge in [-0.1, -0.05) is 42.5 Å². The Hall–Kier alpha value is -3.59. The minimum Gasteiger partial charge on any atom is -0.398 e. The Morgan fingerprint density at radius 1 is 1.15 bits per heavy atom. The molecule has 0 fully saturated rings. The van der Waals surface area contributed by atoms with Crippen molar-refractivity contribution in [2.75, 3.05) is 5.73 Å². The lowest BCUT2D eigenvalue weighted by molar-refractivity contribution is -0.129. The molecule has 0 saturated carbocycles. The van der Waals surface area contributed by atoms with Crippen LogP contribution in [0.2, 0.25) is 0 Å². The molecule has 0 heterocycles. The molecule has 2 aromatic rings. The van der Waals surface area contributed by atoms with E-state index in [4.69, 9.17) is 5.73 Å². The molecule has 0 atom stereocenters. The lowest BCUT2D eigenvalue weighted by Crippen LogP contribution is -2.37. The molecular formula is C21H22N4O2. The highest BCUT2D eigenvalue weighted by atomic mass is 16.2. The molecule has 0 saturated heterocycles. The van der Waals surface area contributed by atoms with Gasteiger partial charge >= 0.3 is 0 Å². The molecule has 0 aliphatic rings. The van der Waals surface area contributed by atoms with Crippen LogP contribution in [0.4, 0.5) is 5.69 Å². The highest BCUT2D eigenvalue weighted by molar-refractivity contribution is 6.01. The maximum absolute atomic E-state index is 12.8. The second-order valence-corrected chi connectivity index (χ2v) is 6.24. The van der Waals surface area contributed by atoms with Crippen LogP contribution in [0, 0.1) is 11.3 Å². The van der Waals surface area contributed by atoms with Gasteiger partial charge in [-0.3, -0.25) is 9.59 Å². The van der Waals surface area contributed by atoms with E-state index >= 15 is 0 Å². The fourth-order valence-electron chi connectivity index (χ4n) is 2.48. The predicted molar refractivity (Wildman–Crippen MR) is 104 cm³/mol. The van der Waals surface area contributed by atoms with Crippen LogP contribution < -0.4 is 11.1 Å². The zero-order valence-electron chi connectivity index (χ0n) is 15.3. The Bertz CT molecular complexity index is 883. The SMILES string of the molecule is CC(C)N(Cc1ccccc1)C(=O)/C(C#N)=C\NC(=O)c1ccccc1N. The monoisotopic (exact) mass is 362 g/mol. The molecular weight excluding hydrogens is 340 g/mol. The van der Waals surface area contributed by atoms with Crippen LogP contribution in [0.15, 0.2) is 66.4 Å². The van der Waals surface area contributed by atoms with E-state index in [-0.39, 0.29) is 17.2 Å². The van der Waals surface area contributed by atoms with Crippen LogP contribution in [0.5, 0.6) is 0 Å². The van der Waals surface area contributed by atoms with Crippen molar-refractivity contribution in [3.8, 4) is 6.07 Å². The van der Waals surface area contributed by atoms with E-state index in [1.807, 2.05) is 50.2 Å². The lowest BCUT2D eigenvalue weighted by atomic mass is 10.1. The number of nitrogen functional groups attached to an aromatic ring is 1. The van der Waals surface area contributed by atoms with Crippen LogP contribution in [0.1, 0.15) is 29.8 Å². The molecule has 138 valence electrons. The summed E-state index contributed by atoms with van der Waals surface area (Å²) in [5, 5.41) is 11.9. The Balaban J connectivity index is 2.17. The van der Waals surface area contributed by atoms with Crippen molar-refractivity contribution in [1.82, 2.24) is 10.2 Å². The number of carbonyl (C=O) groups is 2. The zero-order chi connectivity index (χ0) is 19.8. The summed E-state index contributed by atoms with van der Waals surface area (Å²) in [4.78, 5) is 26.6. The van der Waals surface area contributed by atoms with Crippen molar-refractivity contribution in [3.63, 3.8) is 0 Å². The quantitative estimate of drug-likeness (QED) is 0.469. The van der Waals surface area contributed by atoms with E-state index in [0.29, 0.717) is 12.2 Å². The molecule has 0 aliphatic carbocycles.